The highest BCUT2D eigenvalue weighted by molar-refractivity contribution is 7.99. The van der Waals surface area contributed by atoms with Crippen molar-refractivity contribution in [1.82, 2.24) is 4.90 Å². The zero-order valence-corrected chi connectivity index (χ0v) is 15.1. The van der Waals surface area contributed by atoms with Gasteiger partial charge in [-0.2, -0.15) is 11.8 Å². The molecule has 5 heteroatoms. The molecule has 2 N–H and O–H groups in total. The lowest BCUT2D eigenvalue weighted by atomic mass is 10.1. The second-order valence-electron chi connectivity index (χ2n) is 6.27. The summed E-state index contributed by atoms with van der Waals surface area (Å²) in [5.41, 5.74) is 2.87. The van der Waals surface area contributed by atoms with E-state index in [1.807, 2.05) is 36.0 Å². The molecule has 0 saturated carbocycles. The Kier molecular flexibility index (Phi) is 6.36. The first-order chi connectivity index (χ1) is 12.2. The molecule has 0 radical (unpaired) electrons. The van der Waals surface area contributed by atoms with E-state index in [9.17, 15) is 9.90 Å². The van der Waals surface area contributed by atoms with Gasteiger partial charge >= 0.3 is 0 Å². The Balaban J connectivity index is 1.52. The lowest BCUT2D eigenvalue weighted by molar-refractivity contribution is -0.116. The van der Waals surface area contributed by atoms with E-state index in [1.54, 1.807) is 12.1 Å². The van der Waals surface area contributed by atoms with Crippen LogP contribution in [-0.4, -0.2) is 40.5 Å². The van der Waals surface area contributed by atoms with Gasteiger partial charge in [-0.1, -0.05) is 30.3 Å². The number of para-hydroxylation sites is 1. The monoisotopic (exact) mass is 356 g/mol. The molecule has 1 aliphatic heterocycles. The van der Waals surface area contributed by atoms with Gasteiger partial charge < -0.3 is 10.4 Å². The maximum absolute atomic E-state index is 12.2. The summed E-state index contributed by atoms with van der Waals surface area (Å²) >= 11 is 2.01. The van der Waals surface area contributed by atoms with Gasteiger partial charge in [0.05, 0.1) is 0 Å². The van der Waals surface area contributed by atoms with Crippen molar-refractivity contribution in [3.8, 4) is 5.75 Å². The van der Waals surface area contributed by atoms with E-state index in [0.717, 1.165) is 30.9 Å². The van der Waals surface area contributed by atoms with Crippen molar-refractivity contribution in [3.63, 3.8) is 0 Å². The van der Waals surface area contributed by atoms with Crippen molar-refractivity contribution in [3.05, 3.63) is 59.7 Å². The summed E-state index contributed by atoms with van der Waals surface area (Å²) < 4.78 is 0. The Hall–Kier alpha value is -1.98. The fraction of sp³-hybridized carbons (Fsp3) is 0.350. The maximum atomic E-state index is 12.2. The molecule has 1 fully saturated rings. The fourth-order valence-electron chi connectivity index (χ4n) is 2.96. The average molecular weight is 356 g/mol. The van der Waals surface area contributed by atoms with Gasteiger partial charge in [0.2, 0.25) is 5.91 Å². The normalized spacial score (nSPS) is 15.0. The molecule has 0 aliphatic carbocycles. The van der Waals surface area contributed by atoms with Crippen LogP contribution in [0.5, 0.6) is 5.75 Å². The number of carbonyl (C=O) groups is 1. The van der Waals surface area contributed by atoms with Gasteiger partial charge in [0, 0.05) is 43.2 Å². The Morgan fingerprint density at radius 2 is 1.92 bits per heavy atom. The van der Waals surface area contributed by atoms with Crippen LogP contribution in [0.3, 0.4) is 0 Å². The van der Waals surface area contributed by atoms with Crippen LogP contribution in [0, 0.1) is 0 Å². The van der Waals surface area contributed by atoms with Crippen molar-refractivity contribution in [2.75, 3.05) is 29.9 Å². The topological polar surface area (TPSA) is 52.6 Å². The molecule has 1 heterocycles. The van der Waals surface area contributed by atoms with Gasteiger partial charge in [-0.3, -0.25) is 9.69 Å². The molecule has 1 aliphatic rings. The van der Waals surface area contributed by atoms with E-state index in [2.05, 4.69) is 22.3 Å². The zero-order chi connectivity index (χ0) is 17.5. The largest absolute Gasteiger partial charge is 0.508 e. The van der Waals surface area contributed by atoms with E-state index >= 15 is 0 Å². The summed E-state index contributed by atoms with van der Waals surface area (Å²) in [4.78, 5) is 14.6. The second kappa shape index (κ2) is 8.92. The van der Waals surface area contributed by atoms with E-state index < -0.39 is 0 Å². The average Bonchev–Trinajstić information content (AvgIpc) is 2.62. The van der Waals surface area contributed by atoms with Gasteiger partial charge in [0.15, 0.2) is 0 Å². The van der Waals surface area contributed by atoms with Crippen LogP contribution in [0.1, 0.15) is 17.5 Å². The van der Waals surface area contributed by atoms with E-state index in [4.69, 9.17) is 0 Å². The summed E-state index contributed by atoms with van der Waals surface area (Å²) in [6.45, 7) is 3.19. The van der Waals surface area contributed by atoms with Crippen LogP contribution in [0.4, 0.5) is 5.69 Å². The molecule has 0 atom stereocenters. The van der Waals surface area contributed by atoms with Gasteiger partial charge in [-0.25, -0.2) is 0 Å². The minimum atomic E-state index is -0.0326. The SMILES string of the molecule is O=C(CCc1ccccc1O)Nc1cccc(CN2CCSCC2)c1. The number of hydrogen-bond donors (Lipinski definition) is 2. The number of benzene rings is 2. The first-order valence-corrected chi connectivity index (χ1v) is 9.82. The summed E-state index contributed by atoms with van der Waals surface area (Å²) in [5, 5.41) is 12.7. The number of thioether (sulfide) groups is 1. The highest BCUT2D eigenvalue weighted by atomic mass is 32.2. The Morgan fingerprint density at radius 1 is 1.12 bits per heavy atom. The van der Waals surface area contributed by atoms with Gasteiger partial charge in [-0.05, 0) is 35.7 Å². The standard InChI is InChI=1S/C20H24N2O2S/c23-19-7-2-1-5-17(19)8-9-20(24)21-18-6-3-4-16(14-18)15-22-10-12-25-13-11-22/h1-7,14,23H,8-13,15H2,(H,21,24). The molecule has 132 valence electrons. The molecule has 4 nitrogen and oxygen atoms in total. The summed E-state index contributed by atoms with van der Waals surface area (Å²) in [6.07, 6.45) is 0.884. The number of nitrogens with one attached hydrogen (secondary N) is 1. The first kappa shape index (κ1) is 17.8. The highest BCUT2D eigenvalue weighted by Crippen LogP contribution is 2.19. The molecule has 1 saturated heterocycles. The highest BCUT2D eigenvalue weighted by Gasteiger charge is 2.11. The number of carbonyl (C=O) groups excluding carboxylic acids is 1. The third-order valence-corrected chi connectivity index (χ3v) is 5.28. The van der Waals surface area contributed by atoms with Crippen LogP contribution >= 0.6 is 11.8 Å². The van der Waals surface area contributed by atoms with Crippen LogP contribution in [0.2, 0.25) is 0 Å². The third-order valence-electron chi connectivity index (χ3n) is 4.33. The molecule has 25 heavy (non-hydrogen) atoms. The Bertz CT molecular complexity index is 714. The van der Waals surface area contributed by atoms with Crippen LogP contribution in [0.15, 0.2) is 48.5 Å². The minimum absolute atomic E-state index is 0.0326. The van der Waals surface area contributed by atoms with Crippen LogP contribution in [-0.2, 0) is 17.8 Å². The molecule has 2 aromatic carbocycles. The van der Waals surface area contributed by atoms with Crippen LogP contribution < -0.4 is 5.32 Å². The van der Waals surface area contributed by atoms with Gasteiger partial charge in [-0.15, -0.1) is 0 Å². The number of anilines is 1. The molecular formula is C20H24N2O2S. The predicted molar refractivity (Wildman–Crippen MR) is 104 cm³/mol. The number of aryl methyl sites for hydroxylation is 1. The first-order valence-electron chi connectivity index (χ1n) is 8.66. The van der Waals surface area contributed by atoms with Crippen molar-refractivity contribution in [2.45, 2.75) is 19.4 Å². The number of phenolic OH excluding ortho intramolecular Hbond substituents is 1. The molecule has 1 amide bonds. The number of nitrogens with zero attached hydrogens (tertiary/aromatic N) is 1. The number of rotatable bonds is 6. The zero-order valence-electron chi connectivity index (χ0n) is 14.3. The molecule has 0 spiro atoms. The van der Waals surface area contributed by atoms with Crippen molar-refractivity contribution >= 4 is 23.4 Å². The minimum Gasteiger partial charge on any atom is -0.508 e. The van der Waals surface area contributed by atoms with Crippen molar-refractivity contribution in [1.29, 1.82) is 0 Å². The smallest absolute Gasteiger partial charge is 0.224 e. The molecule has 2 aromatic rings. The lowest BCUT2D eigenvalue weighted by Gasteiger charge is -2.26. The van der Waals surface area contributed by atoms with E-state index in [1.165, 1.54) is 17.1 Å². The molecule has 0 aromatic heterocycles. The summed E-state index contributed by atoms with van der Waals surface area (Å²) in [6, 6.07) is 15.2. The summed E-state index contributed by atoms with van der Waals surface area (Å²) in [5.74, 6) is 2.61. The predicted octanol–water partition coefficient (Wildman–Crippen LogP) is 3.51. The molecule has 3 rings (SSSR count). The number of aromatic hydroxyl groups is 1. The quantitative estimate of drug-likeness (QED) is 0.832. The van der Waals surface area contributed by atoms with Gasteiger partial charge in [0.1, 0.15) is 5.75 Å². The Labute approximate surface area is 153 Å². The number of phenols is 1. The lowest BCUT2D eigenvalue weighted by Crippen LogP contribution is -2.31. The fourth-order valence-corrected chi connectivity index (χ4v) is 3.94. The van der Waals surface area contributed by atoms with Crippen LogP contribution in [0.25, 0.3) is 0 Å². The molecule has 0 bridgehead atoms. The van der Waals surface area contributed by atoms with Gasteiger partial charge in [0.25, 0.3) is 0 Å². The number of hydrogen-bond acceptors (Lipinski definition) is 4. The molecular weight excluding hydrogens is 332 g/mol. The number of amides is 1. The molecule has 0 unspecified atom stereocenters. The second-order valence-corrected chi connectivity index (χ2v) is 7.49. The van der Waals surface area contributed by atoms with E-state index in [0.29, 0.717) is 12.8 Å². The van der Waals surface area contributed by atoms with Crippen molar-refractivity contribution in [2.24, 2.45) is 0 Å². The maximum Gasteiger partial charge on any atom is 0.224 e. The van der Waals surface area contributed by atoms with Crippen molar-refractivity contribution < 1.29 is 9.90 Å². The third kappa shape index (κ3) is 5.51. The van der Waals surface area contributed by atoms with E-state index in [-0.39, 0.29) is 11.7 Å². The Morgan fingerprint density at radius 3 is 2.72 bits per heavy atom. The summed E-state index contributed by atoms with van der Waals surface area (Å²) in [7, 11) is 0.